The van der Waals surface area contributed by atoms with E-state index in [1.165, 1.54) is 12.1 Å². The SMILES string of the molecule is CCC(CC)C(=O)Nc1c(C)cc(S(N)(=O)=O)cc1C. The number of nitrogens with two attached hydrogens (primary N) is 1. The van der Waals surface area contributed by atoms with Gasteiger partial charge in [-0.1, -0.05) is 13.8 Å². The number of benzene rings is 1. The van der Waals surface area contributed by atoms with Crippen LogP contribution in [0.25, 0.3) is 0 Å². The predicted molar refractivity (Wildman–Crippen MR) is 80.0 cm³/mol. The molecule has 0 saturated heterocycles. The van der Waals surface area contributed by atoms with Crippen molar-refractivity contribution in [2.75, 3.05) is 5.32 Å². The normalized spacial score (nSPS) is 11.7. The van der Waals surface area contributed by atoms with Gasteiger partial charge < -0.3 is 5.32 Å². The smallest absolute Gasteiger partial charge is 0.238 e. The van der Waals surface area contributed by atoms with E-state index in [1.54, 1.807) is 13.8 Å². The molecule has 0 aliphatic rings. The summed E-state index contributed by atoms with van der Waals surface area (Å²) in [6.07, 6.45) is 1.55. The second-order valence-electron chi connectivity index (χ2n) is 4.98. The molecule has 0 spiro atoms. The maximum Gasteiger partial charge on any atom is 0.238 e. The Balaban J connectivity index is 3.13. The summed E-state index contributed by atoms with van der Waals surface area (Å²) >= 11 is 0. The largest absolute Gasteiger partial charge is 0.325 e. The lowest BCUT2D eigenvalue weighted by Gasteiger charge is -2.17. The molecule has 0 atom stereocenters. The monoisotopic (exact) mass is 298 g/mol. The molecule has 0 unspecified atom stereocenters. The predicted octanol–water partition coefficient (Wildman–Crippen LogP) is 2.33. The van der Waals surface area contributed by atoms with Crippen molar-refractivity contribution >= 4 is 21.6 Å². The van der Waals surface area contributed by atoms with Gasteiger partial charge in [-0.25, -0.2) is 13.6 Å². The van der Waals surface area contributed by atoms with Crippen molar-refractivity contribution < 1.29 is 13.2 Å². The molecule has 20 heavy (non-hydrogen) atoms. The Morgan fingerprint density at radius 2 is 1.65 bits per heavy atom. The van der Waals surface area contributed by atoms with Gasteiger partial charge in [0, 0.05) is 11.6 Å². The number of primary sulfonamides is 1. The Kier molecular flexibility index (Phi) is 5.30. The van der Waals surface area contributed by atoms with E-state index in [0.29, 0.717) is 16.8 Å². The summed E-state index contributed by atoms with van der Waals surface area (Å²) in [5.41, 5.74) is 2.04. The third-order valence-corrected chi connectivity index (χ3v) is 4.33. The number of hydrogen-bond acceptors (Lipinski definition) is 3. The fraction of sp³-hybridized carbons (Fsp3) is 0.500. The maximum atomic E-state index is 12.1. The number of carbonyl (C=O) groups is 1. The zero-order valence-electron chi connectivity index (χ0n) is 12.4. The molecule has 6 heteroatoms. The van der Waals surface area contributed by atoms with Gasteiger partial charge in [0.05, 0.1) is 4.90 Å². The molecule has 1 amide bonds. The molecule has 0 aliphatic carbocycles. The number of nitrogens with one attached hydrogen (secondary N) is 1. The maximum absolute atomic E-state index is 12.1. The van der Waals surface area contributed by atoms with Crippen LogP contribution < -0.4 is 10.5 Å². The van der Waals surface area contributed by atoms with Crippen LogP contribution in [0.1, 0.15) is 37.8 Å². The van der Waals surface area contributed by atoms with Crippen molar-refractivity contribution in [3.63, 3.8) is 0 Å². The number of aryl methyl sites for hydroxylation is 2. The fourth-order valence-electron chi connectivity index (χ4n) is 2.17. The highest BCUT2D eigenvalue weighted by Gasteiger charge is 2.18. The molecule has 5 nitrogen and oxygen atoms in total. The number of carbonyl (C=O) groups excluding carboxylic acids is 1. The van der Waals surface area contributed by atoms with E-state index >= 15 is 0 Å². The van der Waals surface area contributed by atoms with Gasteiger partial charge in [0.2, 0.25) is 15.9 Å². The Morgan fingerprint density at radius 1 is 1.20 bits per heavy atom. The summed E-state index contributed by atoms with van der Waals surface area (Å²) in [4.78, 5) is 12.2. The van der Waals surface area contributed by atoms with Crippen molar-refractivity contribution in [3.8, 4) is 0 Å². The van der Waals surface area contributed by atoms with Crippen molar-refractivity contribution in [2.45, 2.75) is 45.4 Å². The molecule has 0 aliphatic heterocycles. The summed E-state index contributed by atoms with van der Waals surface area (Å²) in [5.74, 6) is -0.0729. The number of hydrogen-bond donors (Lipinski definition) is 2. The van der Waals surface area contributed by atoms with Crippen LogP contribution in [0.5, 0.6) is 0 Å². The lowest BCUT2D eigenvalue weighted by Crippen LogP contribution is -2.23. The lowest BCUT2D eigenvalue weighted by atomic mass is 10.0. The van der Waals surface area contributed by atoms with Crippen LogP contribution in [0.15, 0.2) is 17.0 Å². The Labute approximate surface area is 120 Å². The minimum absolute atomic E-state index is 0.0354. The molecule has 3 N–H and O–H groups in total. The average molecular weight is 298 g/mol. The molecule has 1 rings (SSSR count). The highest BCUT2D eigenvalue weighted by Crippen LogP contribution is 2.25. The van der Waals surface area contributed by atoms with E-state index in [1.807, 2.05) is 13.8 Å². The first-order valence-electron chi connectivity index (χ1n) is 6.65. The summed E-state index contributed by atoms with van der Waals surface area (Å²) in [6, 6.07) is 2.95. The first-order chi connectivity index (χ1) is 9.20. The van der Waals surface area contributed by atoms with E-state index in [2.05, 4.69) is 5.32 Å². The number of sulfonamides is 1. The van der Waals surface area contributed by atoms with Crippen molar-refractivity contribution in [2.24, 2.45) is 11.1 Å². The first-order valence-corrected chi connectivity index (χ1v) is 8.20. The van der Waals surface area contributed by atoms with Crippen LogP contribution in [-0.4, -0.2) is 14.3 Å². The minimum Gasteiger partial charge on any atom is -0.325 e. The van der Waals surface area contributed by atoms with Crippen LogP contribution in [0, 0.1) is 19.8 Å². The number of amides is 1. The van der Waals surface area contributed by atoms with Gasteiger partial charge in [-0.2, -0.15) is 0 Å². The Morgan fingerprint density at radius 3 is 2.00 bits per heavy atom. The molecule has 0 bridgehead atoms. The minimum atomic E-state index is -3.73. The van der Waals surface area contributed by atoms with Gasteiger partial charge in [-0.3, -0.25) is 4.79 Å². The second-order valence-corrected chi connectivity index (χ2v) is 6.54. The Hall–Kier alpha value is -1.40. The third-order valence-electron chi connectivity index (χ3n) is 3.44. The quantitative estimate of drug-likeness (QED) is 0.874. The van der Waals surface area contributed by atoms with E-state index < -0.39 is 10.0 Å². The Bertz CT molecular complexity index is 582. The van der Waals surface area contributed by atoms with Gasteiger partial charge >= 0.3 is 0 Å². The standard InChI is InChI=1S/C14H22N2O3S/c1-5-11(6-2)14(17)16-13-9(3)7-12(8-10(13)4)20(15,18)19/h7-8,11H,5-6H2,1-4H3,(H,16,17)(H2,15,18,19). The molecule has 0 saturated carbocycles. The van der Waals surface area contributed by atoms with Crippen molar-refractivity contribution in [3.05, 3.63) is 23.3 Å². The lowest BCUT2D eigenvalue weighted by molar-refractivity contribution is -0.120. The van der Waals surface area contributed by atoms with Gasteiger partial charge in [0.1, 0.15) is 0 Å². The third kappa shape index (κ3) is 3.80. The molecule has 0 radical (unpaired) electrons. The van der Waals surface area contributed by atoms with Crippen LogP contribution in [0.3, 0.4) is 0 Å². The van der Waals surface area contributed by atoms with Gasteiger partial charge in [0.25, 0.3) is 0 Å². The zero-order chi connectivity index (χ0) is 15.5. The molecule has 0 heterocycles. The highest BCUT2D eigenvalue weighted by molar-refractivity contribution is 7.89. The van der Waals surface area contributed by atoms with E-state index in [9.17, 15) is 13.2 Å². The van der Waals surface area contributed by atoms with Gasteiger partial charge in [0.15, 0.2) is 0 Å². The topological polar surface area (TPSA) is 89.3 Å². The average Bonchev–Trinajstić information content (AvgIpc) is 2.33. The van der Waals surface area contributed by atoms with Crippen LogP contribution >= 0.6 is 0 Å². The highest BCUT2D eigenvalue weighted by atomic mass is 32.2. The number of anilines is 1. The molecular weight excluding hydrogens is 276 g/mol. The van der Waals surface area contributed by atoms with Gasteiger partial charge in [-0.15, -0.1) is 0 Å². The second kappa shape index (κ2) is 6.37. The number of rotatable bonds is 5. The van der Waals surface area contributed by atoms with E-state index in [0.717, 1.165) is 12.8 Å². The summed E-state index contributed by atoms with van der Waals surface area (Å²) in [7, 11) is -3.73. The van der Waals surface area contributed by atoms with Crippen molar-refractivity contribution in [1.29, 1.82) is 0 Å². The summed E-state index contributed by atoms with van der Waals surface area (Å²) in [5, 5.41) is 8.01. The van der Waals surface area contributed by atoms with E-state index in [-0.39, 0.29) is 16.7 Å². The first kappa shape index (κ1) is 16.7. The van der Waals surface area contributed by atoms with Crippen LogP contribution in [-0.2, 0) is 14.8 Å². The summed E-state index contributed by atoms with van der Waals surface area (Å²) < 4.78 is 22.7. The fourth-order valence-corrected chi connectivity index (χ4v) is 2.85. The van der Waals surface area contributed by atoms with Gasteiger partial charge in [-0.05, 0) is 49.9 Å². The van der Waals surface area contributed by atoms with Crippen LogP contribution in [0.2, 0.25) is 0 Å². The van der Waals surface area contributed by atoms with Crippen molar-refractivity contribution in [1.82, 2.24) is 0 Å². The molecule has 1 aromatic carbocycles. The van der Waals surface area contributed by atoms with E-state index in [4.69, 9.17) is 5.14 Å². The van der Waals surface area contributed by atoms with Crippen LogP contribution in [0.4, 0.5) is 5.69 Å². The summed E-state index contributed by atoms with van der Waals surface area (Å²) in [6.45, 7) is 7.45. The molecule has 1 aromatic rings. The molecular formula is C14H22N2O3S. The molecule has 0 aromatic heterocycles. The molecule has 112 valence electrons. The zero-order valence-corrected chi connectivity index (χ0v) is 13.2. The molecule has 0 fully saturated rings.